The summed E-state index contributed by atoms with van der Waals surface area (Å²) in [6.45, 7) is 4.24. The maximum absolute atomic E-state index is 9.98. The van der Waals surface area contributed by atoms with Gasteiger partial charge in [-0.2, -0.15) is 0 Å². The summed E-state index contributed by atoms with van der Waals surface area (Å²) in [7, 11) is 0. The highest BCUT2D eigenvalue weighted by Crippen LogP contribution is 2.36. The molecule has 0 spiro atoms. The average Bonchev–Trinajstić information content (AvgIpc) is 2.95. The normalized spacial score (nSPS) is 12.2. The van der Waals surface area contributed by atoms with E-state index >= 15 is 0 Å². The van der Waals surface area contributed by atoms with Gasteiger partial charge in [-0.3, -0.25) is 0 Å². The molecule has 1 atom stereocenters. The quantitative estimate of drug-likeness (QED) is 0.429. The third-order valence-corrected chi connectivity index (χ3v) is 5.01. The average molecular weight is 389 g/mol. The second-order valence-electron chi connectivity index (χ2n) is 7.17. The Balaban J connectivity index is 1.82. The number of ether oxygens (including phenoxy) is 1. The van der Waals surface area contributed by atoms with Crippen molar-refractivity contribution in [3.05, 3.63) is 77.9 Å². The van der Waals surface area contributed by atoms with Gasteiger partial charge in [-0.05, 0) is 85.1 Å². The summed E-state index contributed by atoms with van der Waals surface area (Å²) in [6.07, 6.45) is -0.856. The molecule has 29 heavy (non-hydrogen) atoms. The Labute approximate surface area is 169 Å². The van der Waals surface area contributed by atoms with Gasteiger partial charge in [0.15, 0.2) is 6.29 Å². The highest BCUT2D eigenvalue weighted by molar-refractivity contribution is 5.92. The van der Waals surface area contributed by atoms with E-state index in [1.165, 1.54) is 0 Å². The van der Waals surface area contributed by atoms with Crippen molar-refractivity contribution in [3.8, 4) is 28.5 Å². The van der Waals surface area contributed by atoms with Crippen molar-refractivity contribution in [2.45, 2.75) is 26.7 Å². The molecule has 148 valence electrons. The molecule has 0 aliphatic carbocycles. The van der Waals surface area contributed by atoms with E-state index in [2.05, 4.69) is 4.57 Å². The summed E-state index contributed by atoms with van der Waals surface area (Å²) < 4.78 is 7.52. The van der Waals surface area contributed by atoms with Crippen LogP contribution >= 0.6 is 0 Å². The van der Waals surface area contributed by atoms with Crippen molar-refractivity contribution in [2.75, 3.05) is 0 Å². The third kappa shape index (κ3) is 3.77. The van der Waals surface area contributed by atoms with Crippen LogP contribution in [-0.2, 0) is 6.54 Å². The Morgan fingerprint density at radius 3 is 2.21 bits per heavy atom. The number of aromatic nitrogens is 1. The van der Waals surface area contributed by atoms with Crippen LogP contribution in [0.5, 0.6) is 17.2 Å². The van der Waals surface area contributed by atoms with Crippen LogP contribution in [0.1, 0.15) is 18.1 Å². The van der Waals surface area contributed by atoms with Crippen molar-refractivity contribution < 1.29 is 20.1 Å². The fourth-order valence-electron chi connectivity index (χ4n) is 3.72. The second kappa shape index (κ2) is 7.53. The van der Waals surface area contributed by atoms with Crippen LogP contribution in [0.3, 0.4) is 0 Å². The van der Waals surface area contributed by atoms with Crippen molar-refractivity contribution in [3.63, 3.8) is 0 Å². The third-order valence-electron chi connectivity index (χ3n) is 5.01. The number of fused-ring (bicyclic) bond motifs is 1. The van der Waals surface area contributed by atoms with Gasteiger partial charge in [0.05, 0.1) is 5.69 Å². The van der Waals surface area contributed by atoms with Gasteiger partial charge < -0.3 is 24.6 Å². The molecule has 0 aliphatic rings. The lowest BCUT2D eigenvalue weighted by molar-refractivity contribution is -0.000305. The highest BCUT2D eigenvalue weighted by Gasteiger charge is 2.17. The van der Waals surface area contributed by atoms with Crippen LogP contribution < -0.4 is 4.74 Å². The number of aryl methyl sites for hydroxylation is 1. The minimum absolute atomic E-state index is 0.223. The molecule has 0 bridgehead atoms. The zero-order chi connectivity index (χ0) is 20.5. The smallest absolute Gasteiger partial charge is 0.194 e. The maximum atomic E-state index is 9.98. The predicted octanol–water partition coefficient (Wildman–Crippen LogP) is 4.79. The summed E-state index contributed by atoms with van der Waals surface area (Å²) in [5, 5.41) is 30.0. The van der Waals surface area contributed by atoms with Crippen LogP contribution in [0.15, 0.2) is 66.7 Å². The Bertz CT molecular complexity index is 1140. The van der Waals surface area contributed by atoms with Crippen LogP contribution in [0, 0.1) is 6.92 Å². The van der Waals surface area contributed by atoms with E-state index in [0.29, 0.717) is 12.3 Å². The van der Waals surface area contributed by atoms with Crippen molar-refractivity contribution in [1.82, 2.24) is 4.57 Å². The summed E-state index contributed by atoms with van der Waals surface area (Å²) in [4.78, 5) is 0. The molecule has 0 amide bonds. The number of aliphatic hydroxyl groups excluding tert-OH is 1. The van der Waals surface area contributed by atoms with Gasteiger partial charge in [-0.15, -0.1) is 0 Å². The minimum atomic E-state index is -0.856. The molecule has 0 aliphatic heterocycles. The molecule has 4 rings (SSSR count). The Morgan fingerprint density at radius 2 is 1.55 bits per heavy atom. The largest absolute Gasteiger partial charge is 0.508 e. The molecule has 0 saturated carbocycles. The van der Waals surface area contributed by atoms with E-state index in [1.54, 1.807) is 31.2 Å². The van der Waals surface area contributed by atoms with Gasteiger partial charge >= 0.3 is 0 Å². The molecule has 3 aromatic carbocycles. The van der Waals surface area contributed by atoms with E-state index in [4.69, 9.17) is 4.74 Å². The first-order valence-corrected chi connectivity index (χ1v) is 9.47. The fourth-order valence-corrected chi connectivity index (χ4v) is 3.72. The number of aliphatic hydroxyl groups is 1. The molecular formula is C24H23NO4. The molecule has 1 heterocycles. The van der Waals surface area contributed by atoms with E-state index in [1.807, 2.05) is 49.4 Å². The number of aromatic hydroxyl groups is 2. The van der Waals surface area contributed by atoms with E-state index in [0.717, 1.165) is 33.3 Å². The summed E-state index contributed by atoms with van der Waals surface area (Å²) in [5.41, 5.74) is 5.19. The first-order valence-electron chi connectivity index (χ1n) is 9.47. The standard InChI is InChI=1S/C24H23NO4/c1-15-22-13-20(28)9-12-23(22)25(24(15)18-5-7-19(27)8-6-18)14-17-3-10-21(11-4-17)29-16(2)26/h3-13,16,26-28H,14H2,1-2H3. The minimum Gasteiger partial charge on any atom is -0.508 e. The number of phenolic OH excluding ortho intramolecular Hbond substituents is 2. The van der Waals surface area contributed by atoms with Crippen LogP contribution in [0.25, 0.3) is 22.2 Å². The van der Waals surface area contributed by atoms with Crippen LogP contribution in [0.2, 0.25) is 0 Å². The summed E-state index contributed by atoms with van der Waals surface area (Å²) in [6, 6.07) is 20.2. The topological polar surface area (TPSA) is 74.9 Å². The van der Waals surface area contributed by atoms with E-state index < -0.39 is 6.29 Å². The first kappa shape index (κ1) is 18.9. The van der Waals surface area contributed by atoms with Crippen molar-refractivity contribution in [2.24, 2.45) is 0 Å². The number of nitrogens with zero attached hydrogens (tertiary/aromatic N) is 1. The molecule has 5 heteroatoms. The van der Waals surface area contributed by atoms with Gasteiger partial charge in [0, 0.05) is 17.4 Å². The monoisotopic (exact) mass is 389 g/mol. The van der Waals surface area contributed by atoms with Crippen molar-refractivity contribution in [1.29, 1.82) is 0 Å². The first-order chi connectivity index (χ1) is 13.9. The molecule has 1 unspecified atom stereocenters. The summed E-state index contributed by atoms with van der Waals surface area (Å²) >= 11 is 0. The predicted molar refractivity (Wildman–Crippen MR) is 113 cm³/mol. The highest BCUT2D eigenvalue weighted by atomic mass is 16.6. The van der Waals surface area contributed by atoms with Gasteiger partial charge in [0.2, 0.25) is 0 Å². The number of hydrogen-bond donors (Lipinski definition) is 3. The lowest BCUT2D eigenvalue weighted by Gasteiger charge is -2.14. The number of hydrogen-bond acceptors (Lipinski definition) is 4. The maximum Gasteiger partial charge on any atom is 0.194 e. The zero-order valence-electron chi connectivity index (χ0n) is 16.3. The molecule has 4 aromatic rings. The molecule has 0 saturated heterocycles. The molecule has 0 fully saturated rings. The van der Waals surface area contributed by atoms with Gasteiger partial charge in [-0.1, -0.05) is 12.1 Å². The second-order valence-corrected chi connectivity index (χ2v) is 7.17. The van der Waals surface area contributed by atoms with E-state index in [-0.39, 0.29) is 11.5 Å². The number of phenols is 2. The molecule has 5 nitrogen and oxygen atoms in total. The SMILES string of the molecule is Cc1c(-c2ccc(O)cc2)n(Cc2ccc(OC(C)O)cc2)c2ccc(O)cc12. The zero-order valence-corrected chi connectivity index (χ0v) is 16.3. The van der Waals surface area contributed by atoms with Gasteiger partial charge in [0.1, 0.15) is 17.2 Å². The lowest BCUT2D eigenvalue weighted by Crippen LogP contribution is -2.09. The Kier molecular flexibility index (Phi) is 4.91. The Hall–Kier alpha value is -3.44. The van der Waals surface area contributed by atoms with Crippen LogP contribution in [-0.4, -0.2) is 26.2 Å². The molecule has 1 aromatic heterocycles. The van der Waals surface area contributed by atoms with Gasteiger partial charge in [-0.25, -0.2) is 0 Å². The van der Waals surface area contributed by atoms with Crippen LogP contribution in [0.4, 0.5) is 0 Å². The summed E-state index contributed by atoms with van der Waals surface area (Å²) in [5.74, 6) is 1.07. The van der Waals surface area contributed by atoms with E-state index in [9.17, 15) is 15.3 Å². The molecule has 3 N–H and O–H groups in total. The number of rotatable bonds is 5. The molecular weight excluding hydrogens is 366 g/mol. The van der Waals surface area contributed by atoms with Gasteiger partial charge in [0.25, 0.3) is 0 Å². The fraction of sp³-hybridized carbons (Fsp3) is 0.167. The molecule has 0 radical (unpaired) electrons. The Morgan fingerprint density at radius 1 is 0.897 bits per heavy atom. The van der Waals surface area contributed by atoms with Crippen molar-refractivity contribution >= 4 is 10.9 Å². The lowest BCUT2D eigenvalue weighted by atomic mass is 10.1. The number of benzene rings is 3.